The number of ether oxygens (including phenoxy) is 1. The van der Waals surface area contributed by atoms with E-state index in [1.54, 1.807) is 58.2 Å². The lowest BCUT2D eigenvalue weighted by molar-refractivity contribution is -0.116. The van der Waals surface area contributed by atoms with Gasteiger partial charge < -0.3 is 10.1 Å². The van der Waals surface area contributed by atoms with Crippen molar-refractivity contribution in [2.45, 2.75) is 31.6 Å². The summed E-state index contributed by atoms with van der Waals surface area (Å²) in [6.07, 6.45) is 0. The van der Waals surface area contributed by atoms with Gasteiger partial charge in [-0.2, -0.15) is 0 Å². The molecule has 0 saturated heterocycles. The molecule has 0 aromatic heterocycles. The minimum absolute atomic E-state index is 0.0862. The molecule has 2 N–H and O–H groups in total. The van der Waals surface area contributed by atoms with Gasteiger partial charge in [-0.25, -0.2) is 8.42 Å². The van der Waals surface area contributed by atoms with Gasteiger partial charge in [0.05, 0.1) is 17.9 Å². The molecule has 0 spiro atoms. The van der Waals surface area contributed by atoms with Crippen LogP contribution >= 0.6 is 0 Å². The SMILES string of the molecule is COc1cc(C)c(S(=O)(=O)Nc2ccc3c(c2)C(C)C(=O)N3)c(C)c1. The Kier molecular flexibility index (Phi) is 4.20. The highest BCUT2D eigenvalue weighted by molar-refractivity contribution is 7.92. The first-order valence-corrected chi connectivity index (χ1v) is 9.34. The molecule has 6 nitrogen and oxygen atoms in total. The maximum absolute atomic E-state index is 12.9. The number of hydrogen-bond acceptors (Lipinski definition) is 4. The number of fused-ring (bicyclic) bond motifs is 1. The number of hydrogen-bond donors (Lipinski definition) is 2. The maximum Gasteiger partial charge on any atom is 0.262 e. The van der Waals surface area contributed by atoms with Crippen molar-refractivity contribution in [3.05, 3.63) is 47.0 Å². The van der Waals surface area contributed by atoms with Crippen LogP contribution in [0, 0.1) is 13.8 Å². The summed E-state index contributed by atoms with van der Waals surface area (Å²) in [5.41, 5.74) is 3.15. The van der Waals surface area contributed by atoms with Gasteiger partial charge >= 0.3 is 0 Å². The number of aryl methyl sites for hydroxylation is 2. The molecule has 0 radical (unpaired) electrons. The van der Waals surface area contributed by atoms with Crippen molar-refractivity contribution in [2.24, 2.45) is 0 Å². The van der Waals surface area contributed by atoms with Gasteiger partial charge in [-0.3, -0.25) is 9.52 Å². The molecule has 1 aliphatic heterocycles. The van der Waals surface area contributed by atoms with Crippen LogP contribution in [-0.4, -0.2) is 21.4 Å². The second-order valence-electron chi connectivity index (χ2n) is 6.21. The predicted molar refractivity (Wildman–Crippen MR) is 96.8 cm³/mol. The zero-order chi connectivity index (χ0) is 18.4. The minimum atomic E-state index is -3.76. The number of amides is 1. The molecule has 1 aliphatic rings. The van der Waals surface area contributed by atoms with Crippen LogP contribution in [0.2, 0.25) is 0 Å². The van der Waals surface area contributed by atoms with E-state index >= 15 is 0 Å². The molecule has 0 fully saturated rings. The normalized spacial score (nSPS) is 16.3. The largest absolute Gasteiger partial charge is 0.497 e. The van der Waals surface area contributed by atoms with E-state index in [0.717, 1.165) is 11.3 Å². The Morgan fingerprint density at radius 1 is 1.12 bits per heavy atom. The third-order valence-corrected chi connectivity index (χ3v) is 6.05. The molecule has 2 aromatic carbocycles. The highest BCUT2D eigenvalue weighted by Gasteiger charge is 2.27. The van der Waals surface area contributed by atoms with Crippen molar-refractivity contribution in [1.29, 1.82) is 0 Å². The summed E-state index contributed by atoms with van der Waals surface area (Å²) in [4.78, 5) is 12.0. The van der Waals surface area contributed by atoms with Crippen molar-refractivity contribution in [3.8, 4) is 5.75 Å². The number of carbonyl (C=O) groups is 1. The zero-order valence-electron chi connectivity index (χ0n) is 14.5. The molecular weight excluding hydrogens is 340 g/mol. The molecular formula is C18H20N2O4S. The van der Waals surface area contributed by atoms with E-state index in [1.807, 2.05) is 0 Å². The van der Waals surface area contributed by atoms with Gasteiger partial charge in [0.25, 0.3) is 10.0 Å². The van der Waals surface area contributed by atoms with E-state index in [9.17, 15) is 13.2 Å². The van der Waals surface area contributed by atoms with Gasteiger partial charge in [-0.1, -0.05) is 0 Å². The molecule has 0 aliphatic carbocycles. The number of rotatable bonds is 4. The van der Waals surface area contributed by atoms with Crippen LogP contribution in [0.3, 0.4) is 0 Å². The molecule has 0 saturated carbocycles. The van der Waals surface area contributed by atoms with Crippen LogP contribution in [0.1, 0.15) is 29.5 Å². The second-order valence-corrected chi connectivity index (χ2v) is 7.83. The molecule has 2 aromatic rings. The van der Waals surface area contributed by atoms with Crippen LogP contribution in [-0.2, 0) is 14.8 Å². The number of benzene rings is 2. The third-order valence-electron chi connectivity index (χ3n) is 4.36. The van der Waals surface area contributed by atoms with Crippen LogP contribution in [0.5, 0.6) is 5.75 Å². The second kappa shape index (κ2) is 6.07. The van der Waals surface area contributed by atoms with Crippen molar-refractivity contribution < 1.29 is 17.9 Å². The number of anilines is 2. The van der Waals surface area contributed by atoms with Crippen molar-refractivity contribution in [2.75, 3.05) is 17.1 Å². The molecule has 1 heterocycles. The summed E-state index contributed by atoms with van der Waals surface area (Å²) in [7, 11) is -2.22. The topological polar surface area (TPSA) is 84.5 Å². The summed E-state index contributed by atoms with van der Waals surface area (Å²) in [6.45, 7) is 5.26. The molecule has 1 amide bonds. The lowest BCUT2D eigenvalue weighted by Crippen LogP contribution is -2.16. The predicted octanol–water partition coefficient (Wildman–Crippen LogP) is 3.17. The first-order chi connectivity index (χ1) is 11.7. The molecule has 132 valence electrons. The van der Waals surface area contributed by atoms with Crippen LogP contribution in [0.25, 0.3) is 0 Å². The van der Waals surface area contributed by atoms with Crippen molar-refractivity contribution in [1.82, 2.24) is 0 Å². The number of methoxy groups -OCH3 is 1. The fourth-order valence-corrected chi connectivity index (χ4v) is 4.64. The lowest BCUT2D eigenvalue weighted by atomic mass is 10.0. The Hall–Kier alpha value is -2.54. The van der Waals surface area contributed by atoms with Crippen LogP contribution in [0.4, 0.5) is 11.4 Å². The van der Waals surface area contributed by atoms with E-state index in [2.05, 4.69) is 10.0 Å². The summed E-state index contributed by atoms with van der Waals surface area (Å²) in [5.74, 6) is 0.227. The summed E-state index contributed by atoms with van der Waals surface area (Å²) in [6, 6.07) is 8.43. The van der Waals surface area contributed by atoms with E-state index in [-0.39, 0.29) is 16.7 Å². The van der Waals surface area contributed by atoms with Crippen LogP contribution in [0.15, 0.2) is 35.2 Å². The van der Waals surface area contributed by atoms with E-state index in [0.29, 0.717) is 22.6 Å². The molecule has 0 bridgehead atoms. The number of carbonyl (C=O) groups excluding carboxylic acids is 1. The standard InChI is InChI=1S/C18H20N2O4S/c1-10-7-14(24-4)8-11(2)17(10)25(22,23)20-13-5-6-16-15(9-13)12(3)18(21)19-16/h5-9,12,20H,1-4H3,(H,19,21). The summed E-state index contributed by atoms with van der Waals surface area (Å²) < 4.78 is 33.5. The van der Waals surface area contributed by atoms with E-state index < -0.39 is 10.0 Å². The maximum atomic E-state index is 12.9. The molecule has 1 unspecified atom stereocenters. The Balaban J connectivity index is 1.97. The Morgan fingerprint density at radius 3 is 2.36 bits per heavy atom. The van der Waals surface area contributed by atoms with Gasteiger partial charge in [0, 0.05) is 11.4 Å². The van der Waals surface area contributed by atoms with E-state index in [1.165, 1.54) is 0 Å². The fraction of sp³-hybridized carbons (Fsp3) is 0.278. The summed E-state index contributed by atoms with van der Waals surface area (Å²) in [5, 5.41) is 2.77. The van der Waals surface area contributed by atoms with Gasteiger partial charge in [0.2, 0.25) is 5.91 Å². The minimum Gasteiger partial charge on any atom is -0.497 e. The lowest BCUT2D eigenvalue weighted by Gasteiger charge is -2.15. The summed E-state index contributed by atoms with van der Waals surface area (Å²) >= 11 is 0. The fourth-order valence-electron chi connectivity index (χ4n) is 3.14. The zero-order valence-corrected chi connectivity index (χ0v) is 15.3. The van der Waals surface area contributed by atoms with Crippen molar-refractivity contribution >= 4 is 27.3 Å². The molecule has 1 atom stereocenters. The quantitative estimate of drug-likeness (QED) is 0.877. The average Bonchev–Trinajstić information content (AvgIpc) is 2.80. The first-order valence-electron chi connectivity index (χ1n) is 7.86. The smallest absolute Gasteiger partial charge is 0.262 e. The van der Waals surface area contributed by atoms with Crippen LogP contribution < -0.4 is 14.8 Å². The average molecular weight is 360 g/mol. The van der Waals surface area contributed by atoms with Crippen molar-refractivity contribution in [3.63, 3.8) is 0 Å². The first kappa shape index (κ1) is 17.3. The number of sulfonamides is 1. The number of nitrogens with one attached hydrogen (secondary N) is 2. The van der Waals surface area contributed by atoms with Gasteiger partial charge in [-0.15, -0.1) is 0 Å². The van der Waals surface area contributed by atoms with Gasteiger partial charge in [-0.05, 0) is 67.8 Å². The Morgan fingerprint density at radius 2 is 1.76 bits per heavy atom. The Labute approximate surface area is 147 Å². The monoisotopic (exact) mass is 360 g/mol. The highest BCUT2D eigenvalue weighted by atomic mass is 32.2. The van der Waals surface area contributed by atoms with Gasteiger partial charge in [0.15, 0.2) is 0 Å². The van der Waals surface area contributed by atoms with E-state index in [4.69, 9.17) is 4.74 Å². The Bertz CT molecular complexity index is 944. The molecule has 3 rings (SSSR count). The molecule has 25 heavy (non-hydrogen) atoms. The third kappa shape index (κ3) is 3.07. The highest BCUT2D eigenvalue weighted by Crippen LogP contribution is 2.35. The van der Waals surface area contributed by atoms with Gasteiger partial charge in [0.1, 0.15) is 5.75 Å². The molecule has 7 heteroatoms.